The monoisotopic (exact) mass is 554 g/mol. The van der Waals surface area contributed by atoms with Crippen molar-refractivity contribution in [3.05, 3.63) is 82.0 Å². The molecule has 1 aliphatic carbocycles. The molecule has 204 valence electrons. The lowest BCUT2D eigenvalue weighted by atomic mass is 9.75. The third-order valence-electron chi connectivity index (χ3n) is 7.79. The average Bonchev–Trinajstić information content (AvgIpc) is 3.39. The van der Waals surface area contributed by atoms with Crippen molar-refractivity contribution < 1.29 is 27.9 Å². The molecule has 1 aliphatic heterocycles. The number of thiophene rings is 1. The molecule has 3 aromatic rings. The van der Waals surface area contributed by atoms with E-state index in [2.05, 4.69) is 11.9 Å². The maximum atomic E-state index is 13.3. The number of aromatic nitrogens is 1. The lowest BCUT2D eigenvalue weighted by Gasteiger charge is -2.37. The molecule has 2 aliphatic rings. The van der Waals surface area contributed by atoms with Crippen molar-refractivity contribution in [2.24, 2.45) is 11.8 Å². The smallest absolute Gasteiger partial charge is 0.433 e. The zero-order chi connectivity index (χ0) is 27.7. The molecule has 2 aromatic heterocycles. The topological polar surface area (TPSA) is 70.5 Å². The van der Waals surface area contributed by atoms with Gasteiger partial charge in [-0.1, -0.05) is 50.1 Å². The maximum Gasteiger partial charge on any atom is 0.433 e. The minimum absolute atomic E-state index is 0.108. The van der Waals surface area contributed by atoms with Gasteiger partial charge in [-0.15, -0.1) is 11.3 Å². The molecule has 0 radical (unpaired) electrons. The van der Waals surface area contributed by atoms with Gasteiger partial charge in [0.1, 0.15) is 10.6 Å². The number of nitrogens with zero attached hydrogens (tertiary/aromatic N) is 2. The molecule has 0 saturated heterocycles. The summed E-state index contributed by atoms with van der Waals surface area (Å²) in [6.45, 7) is 2.90. The van der Waals surface area contributed by atoms with Crippen LogP contribution in [0.5, 0.6) is 0 Å². The molecule has 3 heterocycles. The molecule has 1 N–H and O–H groups in total. The van der Waals surface area contributed by atoms with Crippen LogP contribution in [0.3, 0.4) is 0 Å². The normalized spacial score (nSPS) is 20.3. The summed E-state index contributed by atoms with van der Waals surface area (Å²) < 4.78 is 38.9. The number of carboxylic acids is 1. The van der Waals surface area contributed by atoms with Gasteiger partial charge in [-0.25, -0.2) is 4.79 Å². The molecule has 9 heteroatoms. The second-order valence-corrected chi connectivity index (χ2v) is 11.4. The molecule has 1 fully saturated rings. The predicted molar refractivity (Wildman–Crippen MR) is 145 cm³/mol. The van der Waals surface area contributed by atoms with E-state index < -0.39 is 17.8 Å². The summed E-state index contributed by atoms with van der Waals surface area (Å²) in [4.78, 5) is 31.9. The first-order valence-corrected chi connectivity index (χ1v) is 13.9. The highest BCUT2D eigenvalue weighted by molar-refractivity contribution is 7.17. The zero-order valence-corrected chi connectivity index (χ0v) is 22.3. The molecule has 0 atom stereocenters. The Labute approximate surface area is 229 Å². The van der Waals surface area contributed by atoms with Gasteiger partial charge in [-0.3, -0.25) is 9.78 Å². The number of amides is 1. The van der Waals surface area contributed by atoms with Gasteiger partial charge in [-0.2, -0.15) is 13.2 Å². The summed E-state index contributed by atoms with van der Waals surface area (Å²) in [5.74, 6) is -0.508. The molecule has 39 heavy (non-hydrogen) atoms. The first kappa shape index (κ1) is 27.1. The van der Waals surface area contributed by atoms with Crippen molar-refractivity contribution in [2.75, 3.05) is 13.1 Å². The van der Waals surface area contributed by atoms with E-state index in [0.717, 1.165) is 59.5 Å². The van der Waals surface area contributed by atoms with E-state index in [1.807, 2.05) is 36.4 Å². The second kappa shape index (κ2) is 11.0. The van der Waals surface area contributed by atoms with Crippen LogP contribution in [-0.2, 0) is 6.18 Å². The number of alkyl halides is 3. The van der Waals surface area contributed by atoms with Crippen LogP contribution < -0.4 is 0 Å². The minimum atomic E-state index is -4.57. The summed E-state index contributed by atoms with van der Waals surface area (Å²) in [5.41, 5.74) is 2.79. The Morgan fingerprint density at radius 3 is 2.38 bits per heavy atom. The molecule has 0 bridgehead atoms. The second-order valence-electron chi connectivity index (χ2n) is 10.4. The van der Waals surface area contributed by atoms with Crippen LogP contribution in [-0.4, -0.2) is 40.0 Å². The molecule has 5 nitrogen and oxygen atoms in total. The maximum absolute atomic E-state index is 13.3. The lowest BCUT2D eigenvalue weighted by Crippen LogP contribution is -2.39. The van der Waals surface area contributed by atoms with Crippen molar-refractivity contribution in [3.8, 4) is 10.4 Å². The first-order valence-electron chi connectivity index (χ1n) is 13.1. The number of halogens is 3. The van der Waals surface area contributed by atoms with Gasteiger partial charge in [0.05, 0.1) is 5.56 Å². The molecular weight excluding hydrogens is 525 g/mol. The molecular formula is C30H29F3N2O3S. The first-order chi connectivity index (χ1) is 18.6. The Balaban J connectivity index is 1.51. The number of benzene rings is 1. The van der Waals surface area contributed by atoms with Crippen LogP contribution in [0.25, 0.3) is 16.0 Å². The number of hydrogen-bond acceptors (Lipinski definition) is 4. The summed E-state index contributed by atoms with van der Waals surface area (Å²) >= 11 is 1.26. The SMILES string of the molecule is CC1CCC(C2=C(c3cc(-c4ccccc4)sc3C(=O)O)CCN(C(=O)c3ccc(C(F)(F)F)nc3)C2)CC1. The number of carbonyl (C=O) groups excluding carboxylic acids is 1. The van der Waals surface area contributed by atoms with E-state index in [1.165, 1.54) is 17.4 Å². The number of carbonyl (C=O) groups is 2. The fourth-order valence-corrected chi connectivity index (χ4v) is 6.67. The van der Waals surface area contributed by atoms with Crippen LogP contribution in [0.15, 0.2) is 60.3 Å². The Bertz CT molecular complexity index is 1390. The van der Waals surface area contributed by atoms with E-state index in [-0.39, 0.29) is 22.3 Å². The third kappa shape index (κ3) is 5.78. The van der Waals surface area contributed by atoms with Crippen molar-refractivity contribution in [1.29, 1.82) is 0 Å². The fraction of sp³-hybridized carbons (Fsp3) is 0.367. The fourth-order valence-electron chi connectivity index (χ4n) is 5.64. The molecule has 5 rings (SSSR count). The predicted octanol–water partition coefficient (Wildman–Crippen LogP) is 7.65. The zero-order valence-electron chi connectivity index (χ0n) is 21.5. The van der Waals surface area contributed by atoms with E-state index in [4.69, 9.17) is 0 Å². The number of aromatic carboxylic acids is 1. The molecule has 1 aromatic carbocycles. The standard InChI is InChI=1S/C30H29F3N2O3S/c1-18-7-9-19(10-8-18)24-17-35(28(36)21-11-12-26(34-16-21)30(31,32)33)14-13-22(24)23-15-25(39-27(23)29(37)38)20-5-3-2-4-6-20/h2-6,11-12,15-16,18-19H,7-10,13-14,17H2,1H3,(H,37,38). The van der Waals surface area contributed by atoms with Gasteiger partial charge in [0, 0.05) is 29.7 Å². The molecule has 1 amide bonds. The number of rotatable bonds is 5. The number of carboxylic acid groups (broad SMARTS) is 1. The molecule has 1 saturated carbocycles. The Hall–Kier alpha value is -3.46. The third-order valence-corrected chi connectivity index (χ3v) is 8.96. The minimum Gasteiger partial charge on any atom is -0.477 e. The Morgan fingerprint density at radius 2 is 1.77 bits per heavy atom. The van der Waals surface area contributed by atoms with Crippen LogP contribution in [0.1, 0.15) is 70.3 Å². The van der Waals surface area contributed by atoms with E-state index in [0.29, 0.717) is 31.0 Å². The summed E-state index contributed by atoms with van der Waals surface area (Å²) in [6.07, 6.45) is 0.929. The number of hydrogen-bond donors (Lipinski definition) is 1. The van der Waals surface area contributed by atoms with Crippen molar-refractivity contribution >= 4 is 28.8 Å². The Morgan fingerprint density at radius 1 is 1.05 bits per heavy atom. The highest BCUT2D eigenvalue weighted by Gasteiger charge is 2.34. The van der Waals surface area contributed by atoms with Gasteiger partial charge >= 0.3 is 12.1 Å². The summed E-state index contributed by atoms with van der Waals surface area (Å²) in [5, 5.41) is 10.1. The summed E-state index contributed by atoms with van der Waals surface area (Å²) in [7, 11) is 0. The van der Waals surface area contributed by atoms with Gasteiger partial charge < -0.3 is 10.0 Å². The van der Waals surface area contributed by atoms with Crippen LogP contribution in [0.2, 0.25) is 0 Å². The van der Waals surface area contributed by atoms with Gasteiger partial charge in [0.2, 0.25) is 0 Å². The largest absolute Gasteiger partial charge is 0.477 e. The van der Waals surface area contributed by atoms with Gasteiger partial charge in [0.15, 0.2) is 0 Å². The Kier molecular flexibility index (Phi) is 7.62. The van der Waals surface area contributed by atoms with Crippen molar-refractivity contribution in [1.82, 2.24) is 9.88 Å². The highest BCUT2D eigenvalue weighted by atomic mass is 32.1. The molecule has 0 unspecified atom stereocenters. The average molecular weight is 555 g/mol. The van der Waals surface area contributed by atoms with Crippen LogP contribution in [0.4, 0.5) is 13.2 Å². The van der Waals surface area contributed by atoms with Gasteiger partial charge in [0.25, 0.3) is 5.91 Å². The van der Waals surface area contributed by atoms with E-state index >= 15 is 0 Å². The van der Waals surface area contributed by atoms with Gasteiger partial charge in [-0.05, 0) is 66.0 Å². The summed E-state index contributed by atoms with van der Waals surface area (Å²) in [6, 6.07) is 13.6. The van der Waals surface area contributed by atoms with Crippen LogP contribution in [0, 0.1) is 11.8 Å². The quantitative estimate of drug-likeness (QED) is 0.352. The van der Waals surface area contributed by atoms with Crippen molar-refractivity contribution in [2.45, 2.75) is 45.2 Å². The molecule has 0 spiro atoms. The van der Waals surface area contributed by atoms with Crippen LogP contribution >= 0.6 is 11.3 Å². The highest BCUT2D eigenvalue weighted by Crippen LogP contribution is 2.43. The van der Waals surface area contributed by atoms with E-state index in [9.17, 15) is 27.9 Å². The lowest BCUT2D eigenvalue weighted by molar-refractivity contribution is -0.141. The van der Waals surface area contributed by atoms with E-state index in [1.54, 1.807) is 4.90 Å². The number of pyridine rings is 1. The van der Waals surface area contributed by atoms with Crippen molar-refractivity contribution in [3.63, 3.8) is 0 Å².